The molecule has 2 amide bonds. The second-order valence-corrected chi connectivity index (χ2v) is 5.80. The lowest BCUT2D eigenvalue weighted by Crippen LogP contribution is -2.41. The molecule has 1 fully saturated rings. The van der Waals surface area contributed by atoms with Crippen LogP contribution >= 0.6 is 0 Å². The SMILES string of the molecule is COc1cnc(C(F)F)cc1-c1cc(N2CCOCC2=O)ccc1C(N)=O. The van der Waals surface area contributed by atoms with Crippen molar-refractivity contribution in [2.75, 3.05) is 31.8 Å². The van der Waals surface area contributed by atoms with Crippen molar-refractivity contribution in [3.63, 3.8) is 0 Å². The van der Waals surface area contributed by atoms with Crippen LogP contribution in [-0.4, -0.2) is 43.7 Å². The molecule has 1 aliphatic rings. The molecule has 9 heteroatoms. The molecule has 1 aromatic heterocycles. The highest BCUT2D eigenvalue weighted by molar-refractivity contribution is 6.03. The Morgan fingerprint density at radius 1 is 1.33 bits per heavy atom. The predicted octanol–water partition coefficient (Wildman–Crippen LogP) is 2.16. The maximum absolute atomic E-state index is 13.1. The highest BCUT2D eigenvalue weighted by Crippen LogP contribution is 2.36. The molecular weight excluding hydrogens is 360 g/mol. The largest absolute Gasteiger partial charge is 0.494 e. The number of methoxy groups -OCH3 is 1. The Morgan fingerprint density at radius 3 is 2.74 bits per heavy atom. The van der Waals surface area contributed by atoms with Crippen LogP contribution in [0.1, 0.15) is 22.5 Å². The molecule has 0 unspecified atom stereocenters. The Hall–Kier alpha value is -3.07. The molecule has 7 nitrogen and oxygen atoms in total. The molecule has 0 bridgehead atoms. The highest BCUT2D eigenvalue weighted by Gasteiger charge is 2.24. The summed E-state index contributed by atoms with van der Waals surface area (Å²) in [6.45, 7) is 0.651. The van der Waals surface area contributed by atoms with Crippen LogP contribution in [0.15, 0.2) is 30.5 Å². The Kier molecular flexibility index (Phi) is 5.31. The summed E-state index contributed by atoms with van der Waals surface area (Å²) in [5.41, 5.74) is 6.12. The van der Waals surface area contributed by atoms with Crippen LogP contribution < -0.4 is 15.4 Å². The summed E-state index contributed by atoms with van der Waals surface area (Å²) >= 11 is 0. The molecule has 2 aromatic rings. The number of carbonyl (C=O) groups excluding carboxylic acids is 2. The Labute approximate surface area is 153 Å². The standard InChI is InChI=1S/C18H17F2N3O4/c1-26-15-8-22-14(17(19)20)7-13(15)12-6-10(2-3-11(12)18(21)25)23-4-5-27-9-16(23)24/h2-3,6-8,17H,4-5,9H2,1H3,(H2,21,25). The molecule has 2 heterocycles. The number of hydrogen-bond acceptors (Lipinski definition) is 5. The molecule has 0 aliphatic carbocycles. The number of amides is 2. The number of morpholine rings is 1. The first-order chi connectivity index (χ1) is 12.9. The molecule has 0 atom stereocenters. The van der Waals surface area contributed by atoms with Crippen LogP contribution in [0.2, 0.25) is 0 Å². The number of ether oxygens (including phenoxy) is 2. The lowest BCUT2D eigenvalue weighted by atomic mass is 9.97. The van der Waals surface area contributed by atoms with Gasteiger partial charge in [0.05, 0.1) is 19.9 Å². The molecule has 27 heavy (non-hydrogen) atoms. The molecule has 142 valence electrons. The van der Waals surface area contributed by atoms with E-state index in [9.17, 15) is 18.4 Å². The number of anilines is 1. The van der Waals surface area contributed by atoms with E-state index < -0.39 is 18.0 Å². The van der Waals surface area contributed by atoms with Crippen molar-refractivity contribution in [2.45, 2.75) is 6.43 Å². The predicted molar refractivity (Wildman–Crippen MR) is 92.9 cm³/mol. The van der Waals surface area contributed by atoms with E-state index in [1.807, 2.05) is 0 Å². The topological polar surface area (TPSA) is 94.8 Å². The van der Waals surface area contributed by atoms with E-state index in [2.05, 4.69) is 4.98 Å². The minimum Gasteiger partial charge on any atom is -0.494 e. The summed E-state index contributed by atoms with van der Waals surface area (Å²) in [7, 11) is 1.36. The molecule has 0 radical (unpaired) electrons. The third-order valence-electron chi connectivity index (χ3n) is 4.19. The zero-order valence-corrected chi connectivity index (χ0v) is 14.4. The van der Waals surface area contributed by atoms with E-state index in [1.54, 1.807) is 12.1 Å². The number of hydrogen-bond donors (Lipinski definition) is 1. The molecule has 3 rings (SSSR count). The fourth-order valence-electron chi connectivity index (χ4n) is 2.88. The van der Waals surface area contributed by atoms with Crippen LogP contribution in [0.3, 0.4) is 0 Å². The van der Waals surface area contributed by atoms with Crippen molar-refractivity contribution in [2.24, 2.45) is 5.73 Å². The van der Waals surface area contributed by atoms with Gasteiger partial charge < -0.3 is 20.1 Å². The summed E-state index contributed by atoms with van der Waals surface area (Å²) in [5, 5.41) is 0. The van der Waals surface area contributed by atoms with Gasteiger partial charge in [-0.2, -0.15) is 0 Å². The number of rotatable bonds is 5. The fraction of sp³-hybridized carbons (Fsp3) is 0.278. The third kappa shape index (κ3) is 3.72. The number of primary amides is 1. The molecule has 0 saturated carbocycles. The van der Waals surface area contributed by atoms with Gasteiger partial charge in [-0.15, -0.1) is 0 Å². The van der Waals surface area contributed by atoms with Gasteiger partial charge in [-0.3, -0.25) is 14.6 Å². The molecule has 1 aliphatic heterocycles. The van der Waals surface area contributed by atoms with Gasteiger partial charge in [0, 0.05) is 28.9 Å². The van der Waals surface area contributed by atoms with Crippen molar-refractivity contribution >= 4 is 17.5 Å². The van der Waals surface area contributed by atoms with E-state index in [0.717, 1.165) is 12.3 Å². The Bertz CT molecular complexity index is 889. The number of nitrogens with zero attached hydrogens (tertiary/aromatic N) is 2. The van der Waals surface area contributed by atoms with Crippen molar-refractivity contribution in [3.8, 4) is 16.9 Å². The lowest BCUT2D eigenvalue weighted by molar-refractivity contribution is -0.125. The van der Waals surface area contributed by atoms with Crippen molar-refractivity contribution in [1.82, 2.24) is 4.98 Å². The van der Waals surface area contributed by atoms with Crippen molar-refractivity contribution in [3.05, 3.63) is 41.7 Å². The number of pyridine rings is 1. The number of carbonyl (C=O) groups is 2. The molecule has 1 saturated heterocycles. The first-order valence-corrected chi connectivity index (χ1v) is 8.06. The van der Waals surface area contributed by atoms with Gasteiger partial charge in [-0.05, 0) is 24.3 Å². The number of nitrogens with two attached hydrogens (primary N) is 1. The zero-order chi connectivity index (χ0) is 19.6. The van der Waals surface area contributed by atoms with Gasteiger partial charge in [0.15, 0.2) is 0 Å². The van der Waals surface area contributed by atoms with Crippen LogP contribution in [0.25, 0.3) is 11.1 Å². The molecule has 1 aromatic carbocycles. The van der Waals surface area contributed by atoms with E-state index in [4.69, 9.17) is 15.2 Å². The molecule has 2 N–H and O–H groups in total. The van der Waals surface area contributed by atoms with E-state index in [-0.39, 0.29) is 35.0 Å². The Balaban J connectivity index is 2.18. The van der Waals surface area contributed by atoms with Gasteiger partial charge in [0.2, 0.25) is 5.91 Å². The summed E-state index contributed by atoms with van der Waals surface area (Å²) in [5.74, 6) is -0.774. The number of alkyl halides is 2. The van der Waals surface area contributed by atoms with E-state index in [1.165, 1.54) is 18.1 Å². The number of benzene rings is 1. The minimum atomic E-state index is -2.80. The normalized spacial score (nSPS) is 14.5. The maximum Gasteiger partial charge on any atom is 0.280 e. The average molecular weight is 377 g/mol. The molecular formula is C18H17F2N3O4. The maximum atomic E-state index is 13.1. The lowest BCUT2D eigenvalue weighted by Gasteiger charge is -2.27. The van der Waals surface area contributed by atoms with Crippen molar-refractivity contribution < 1.29 is 27.8 Å². The van der Waals surface area contributed by atoms with Crippen molar-refractivity contribution in [1.29, 1.82) is 0 Å². The van der Waals surface area contributed by atoms with Crippen LogP contribution in [-0.2, 0) is 9.53 Å². The molecule has 0 spiro atoms. The second-order valence-electron chi connectivity index (χ2n) is 5.80. The summed E-state index contributed by atoms with van der Waals surface area (Å²) < 4.78 is 36.6. The first kappa shape index (κ1) is 18.7. The number of aromatic nitrogens is 1. The van der Waals surface area contributed by atoms with E-state index >= 15 is 0 Å². The average Bonchev–Trinajstić information content (AvgIpc) is 2.67. The van der Waals surface area contributed by atoms with Crippen LogP contribution in [0, 0.1) is 0 Å². The highest BCUT2D eigenvalue weighted by atomic mass is 19.3. The smallest absolute Gasteiger partial charge is 0.280 e. The summed E-state index contributed by atoms with van der Waals surface area (Å²) in [6.07, 6.45) is -1.63. The summed E-state index contributed by atoms with van der Waals surface area (Å²) in [4.78, 5) is 29.1. The zero-order valence-electron chi connectivity index (χ0n) is 14.4. The number of halogens is 2. The third-order valence-corrected chi connectivity index (χ3v) is 4.19. The fourth-order valence-corrected chi connectivity index (χ4v) is 2.88. The van der Waals surface area contributed by atoms with Gasteiger partial charge in [-0.25, -0.2) is 8.78 Å². The van der Waals surface area contributed by atoms with Crippen LogP contribution in [0.5, 0.6) is 5.75 Å². The summed E-state index contributed by atoms with van der Waals surface area (Å²) in [6, 6.07) is 5.73. The van der Waals surface area contributed by atoms with Crippen LogP contribution in [0.4, 0.5) is 14.5 Å². The van der Waals surface area contributed by atoms with Gasteiger partial charge in [-0.1, -0.05) is 0 Å². The quantitative estimate of drug-likeness (QED) is 0.862. The minimum absolute atomic E-state index is 0.0546. The monoisotopic (exact) mass is 377 g/mol. The van der Waals surface area contributed by atoms with E-state index in [0.29, 0.717) is 18.8 Å². The van der Waals surface area contributed by atoms with Gasteiger partial charge in [0.25, 0.3) is 12.3 Å². The van der Waals surface area contributed by atoms with Gasteiger partial charge >= 0.3 is 0 Å². The Morgan fingerprint density at radius 2 is 2.11 bits per heavy atom. The first-order valence-electron chi connectivity index (χ1n) is 8.06. The second kappa shape index (κ2) is 7.67. The van der Waals surface area contributed by atoms with Gasteiger partial charge in [0.1, 0.15) is 18.1 Å².